The van der Waals surface area contributed by atoms with Gasteiger partial charge in [-0.1, -0.05) is 19.4 Å². The number of hydrogen-bond acceptors (Lipinski definition) is 3. The molecule has 0 spiro atoms. The van der Waals surface area contributed by atoms with E-state index < -0.39 is 16.1 Å². The third-order valence-corrected chi connectivity index (χ3v) is 7.32. The Balaban J connectivity index is 1.85. The quantitative estimate of drug-likeness (QED) is 0.827. The summed E-state index contributed by atoms with van der Waals surface area (Å²) in [6.07, 6.45) is 6.30. The molecule has 0 heterocycles. The predicted octanol–water partition coefficient (Wildman–Crippen LogP) is 3.15. The molecule has 0 unspecified atom stereocenters. The molecule has 4 atom stereocenters. The molecule has 2 saturated carbocycles. The first-order chi connectivity index (χ1) is 12.2. The lowest BCUT2D eigenvalue weighted by molar-refractivity contribution is -0.123. The van der Waals surface area contributed by atoms with Gasteiger partial charge in [-0.05, 0) is 74.6 Å². The fourth-order valence-electron chi connectivity index (χ4n) is 4.62. The van der Waals surface area contributed by atoms with Gasteiger partial charge in [0.1, 0.15) is 6.04 Å². The SMILES string of the molecule is CC[C@@H](C(=O)N[C@H]1C[C@@H]2CC[C@@H]1C2)N(c1ccc(C)c(C)c1)S(C)(=O)=O. The van der Waals surface area contributed by atoms with Crippen LogP contribution in [0.5, 0.6) is 0 Å². The maximum absolute atomic E-state index is 13.0. The molecule has 0 saturated heterocycles. The Bertz CT molecular complexity index is 790. The van der Waals surface area contributed by atoms with Crippen molar-refractivity contribution in [3.05, 3.63) is 29.3 Å². The van der Waals surface area contributed by atoms with Crippen LogP contribution in [0.2, 0.25) is 0 Å². The van der Waals surface area contributed by atoms with Crippen molar-refractivity contribution in [2.75, 3.05) is 10.6 Å². The normalized spacial score (nSPS) is 25.9. The van der Waals surface area contributed by atoms with Crippen LogP contribution >= 0.6 is 0 Å². The van der Waals surface area contributed by atoms with Gasteiger partial charge in [0.25, 0.3) is 0 Å². The molecule has 6 heteroatoms. The number of rotatable bonds is 6. The van der Waals surface area contributed by atoms with Gasteiger partial charge in [-0.25, -0.2) is 8.42 Å². The van der Waals surface area contributed by atoms with Crippen LogP contribution in [-0.2, 0) is 14.8 Å². The van der Waals surface area contributed by atoms with Gasteiger partial charge < -0.3 is 5.32 Å². The molecule has 0 aliphatic heterocycles. The predicted molar refractivity (Wildman–Crippen MR) is 105 cm³/mol. The molecule has 2 fully saturated rings. The molecule has 2 aliphatic carbocycles. The molecule has 1 N–H and O–H groups in total. The molecule has 144 valence electrons. The highest BCUT2D eigenvalue weighted by atomic mass is 32.2. The van der Waals surface area contributed by atoms with E-state index in [1.165, 1.54) is 29.8 Å². The molecule has 3 rings (SSSR count). The van der Waals surface area contributed by atoms with Crippen molar-refractivity contribution < 1.29 is 13.2 Å². The number of amides is 1. The van der Waals surface area contributed by atoms with E-state index in [-0.39, 0.29) is 11.9 Å². The molecule has 1 aromatic rings. The highest BCUT2D eigenvalue weighted by Gasteiger charge is 2.41. The largest absolute Gasteiger partial charge is 0.351 e. The lowest BCUT2D eigenvalue weighted by atomic mass is 9.95. The average molecular weight is 379 g/mol. The van der Waals surface area contributed by atoms with Gasteiger partial charge in [0, 0.05) is 6.04 Å². The van der Waals surface area contributed by atoms with E-state index in [0.29, 0.717) is 18.0 Å². The van der Waals surface area contributed by atoms with Crippen LogP contribution in [0.4, 0.5) is 5.69 Å². The molecular formula is C20H30N2O3S. The van der Waals surface area contributed by atoms with Crippen molar-refractivity contribution in [2.45, 2.75) is 65.0 Å². The number of nitrogens with zero attached hydrogens (tertiary/aromatic N) is 1. The van der Waals surface area contributed by atoms with Crippen molar-refractivity contribution in [3.8, 4) is 0 Å². The topological polar surface area (TPSA) is 66.5 Å². The Morgan fingerprint density at radius 2 is 1.96 bits per heavy atom. The van der Waals surface area contributed by atoms with Crippen molar-refractivity contribution in [1.29, 1.82) is 0 Å². The van der Waals surface area contributed by atoms with E-state index >= 15 is 0 Å². The minimum Gasteiger partial charge on any atom is -0.351 e. The molecular weight excluding hydrogens is 348 g/mol. The lowest BCUT2D eigenvalue weighted by Crippen LogP contribution is -2.52. The summed E-state index contributed by atoms with van der Waals surface area (Å²) in [5.41, 5.74) is 2.67. The second-order valence-corrected chi connectivity index (χ2v) is 9.90. The molecule has 1 amide bonds. The van der Waals surface area contributed by atoms with E-state index in [1.54, 1.807) is 6.07 Å². The second-order valence-electron chi connectivity index (χ2n) is 8.04. The summed E-state index contributed by atoms with van der Waals surface area (Å²) < 4.78 is 26.4. The number of anilines is 1. The monoisotopic (exact) mass is 378 g/mol. The highest BCUT2D eigenvalue weighted by molar-refractivity contribution is 7.92. The number of carbonyl (C=O) groups is 1. The molecule has 0 aromatic heterocycles. The molecule has 2 bridgehead atoms. The Kier molecular flexibility index (Phi) is 5.33. The summed E-state index contributed by atoms with van der Waals surface area (Å²) >= 11 is 0. The first kappa shape index (κ1) is 19.2. The van der Waals surface area contributed by atoms with Crippen molar-refractivity contribution in [2.24, 2.45) is 11.8 Å². The van der Waals surface area contributed by atoms with Crippen LogP contribution < -0.4 is 9.62 Å². The Labute approximate surface area is 157 Å². The van der Waals surface area contributed by atoms with E-state index in [9.17, 15) is 13.2 Å². The summed E-state index contributed by atoms with van der Waals surface area (Å²) in [7, 11) is -3.58. The lowest BCUT2D eigenvalue weighted by Gasteiger charge is -2.32. The van der Waals surface area contributed by atoms with Crippen molar-refractivity contribution in [3.63, 3.8) is 0 Å². The summed E-state index contributed by atoms with van der Waals surface area (Å²) in [5, 5.41) is 3.16. The van der Waals surface area contributed by atoms with Gasteiger partial charge in [-0.3, -0.25) is 9.10 Å². The minimum absolute atomic E-state index is 0.172. The van der Waals surface area contributed by atoms with E-state index in [1.807, 2.05) is 32.9 Å². The Morgan fingerprint density at radius 1 is 1.23 bits per heavy atom. The standard InChI is InChI=1S/C20H30N2O3S/c1-5-19(20(23)21-18-12-15-7-8-16(18)11-15)22(26(4,24)25)17-9-6-13(2)14(3)10-17/h6,9-10,15-16,18-19H,5,7-8,11-12H2,1-4H3,(H,21,23)/t15-,16-,18+,19+/m1/s1. The Morgan fingerprint density at radius 3 is 2.46 bits per heavy atom. The van der Waals surface area contributed by atoms with Gasteiger partial charge >= 0.3 is 0 Å². The van der Waals surface area contributed by atoms with Crippen LogP contribution in [0.3, 0.4) is 0 Å². The molecule has 0 radical (unpaired) electrons. The van der Waals surface area contributed by atoms with Crippen LogP contribution in [-0.4, -0.2) is 32.7 Å². The number of carbonyl (C=O) groups excluding carboxylic acids is 1. The number of hydrogen-bond donors (Lipinski definition) is 1. The van der Waals surface area contributed by atoms with E-state index in [4.69, 9.17) is 0 Å². The maximum Gasteiger partial charge on any atom is 0.244 e. The summed E-state index contributed by atoms with van der Waals surface area (Å²) in [5.74, 6) is 1.12. The van der Waals surface area contributed by atoms with Gasteiger partial charge in [0.05, 0.1) is 11.9 Å². The fourth-order valence-corrected chi connectivity index (χ4v) is 5.83. The first-order valence-electron chi connectivity index (χ1n) is 9.57. The fraction of sp³-hybridized carbons (Fsp3) is 0.650. The van der Waals surface area contributed by atoms with Gasteiger partial charge in [-0.15, -0.1) is 0 Å². The van der Waals surface area contributed by atoms with Crippen molar-refractivity contribution in [1.82, 2.24) is 5.32 Å². The smallest absolute Gasteiger partial charge is 0.244 e. The maximum atomic E-state index is 13.0. The number of benzene rings is 1. The highest BCUT2D eigenvalue weighted by Crippen LogP contribution is 2.44. The van der Waals surface area contributed by atoms with E-state index in [0.717, 1.165) is 23.5 Å². The number of fused-ring (bicyclic) bond motifs is 2. The third kappa shape index (κ3) is 3.75. The van der Waals surface area contributed by atoms with Crippen LogP contribution in [0.15, 0.2) is 18.2 Å². The summed E-state index contributed by atoms with van der Waals surface area (Å²) in [6, 6.07) is 5.03. The minimum atomic E-state index is -3.58. The average Bonchev–Trinajstić information content (AvgIpc) is 3.16. The molecule has 26 heavy (non-hydrogen) atoms. The van der Waals surface area contributed by atoms with Crippen molar-refractivity contribution >= 4 is 21.6 Å². The van der Waals surface area contributed by atoms with Crippen LogP contribution in [0, 0.1) is 25.7 Å². The second kappa shape index (κ2) is 7.22. The summed E-state index contributed by atoms with van der Waals surface area (Å²) in [6.45, 7) is 5.81. The zero-order valence-corrected chi connectivity index (χ0v) is 17.0. The number of nitrogens with one attached hydrogen (secondary N) is 1. The first-order valence-corrected chi connectivity index (χ1v) is 11.4. The van der Waals surface area contributed by atoms with Gasteiger partial charge in [-0.2, -0.15) is 0 Å². The van der Waals surface area contributed by atoms with Crippen LogP contribution in [0.25, 0.3) is 0 Å². The molecule has 2 aliphatic rings. The Hall–Kier alpha value is -1.56. The third-order valence-electron chi connectivity index (χ3n) is 6.14. The zero-order chi connectivity index (χ0) is 19.1. The number of aryl methyl sites for hydroxylation is 2. The summed E-state index contributed by atoms with van der Waals surface area (Å²) in [4.78, 5) is 13.0. The van der Waals surface area contributed by atoms with Gasteiger partial charge in [0.2, 0.25) is 15.9 Å². The molecule has 1 aromatic carbocycles. The zero-order valence-electron chi connectivity index (χ0n) is 16.2. The molecule has 5 nitrogen and oxygen atoms in total. The number of sulfonamides is 1. The van der Waals surface area contributed by atoms with Gasteiger partial charge in [0.15, 0.2) is 0 Å². The van der Waals surface area contributed by atoms with E-state index in [2.05, 4.69) is 5.32 Å². The van der Waals surface area contributed by atoms with Crippen LogP contribution in [0.1, 0.15) is 50.2 Å².